The van der Waals surface area contributed by atoms with Crippen molar-refractivity contribution >= 4 is 5.91 Å². The Balaban J connectivity index is 1.24. The first-order valence-corrected chi connectivity index (χ1v) is 12.0. The number of carbonyl (C=O) groups is 1. The van der Waals surface area contributed by atoms with Crippen molar-refractivity contribution < 1.29 is 38.3 Å². The molecule has 1 aromatic rings. The van der Waals surface area contributed by atoms with Crippen molar-refractivity contribution in [2.75, 3.05) is 20.2 Å². The molecule has 4 saturated heterocycles. The van der Waals surface area contributed by atoms with Crippen LogP contribution in [0.15, 0.2) is 4.63 Å². The van der Waals surface area contributed by atoms with Crippen LogP contribution in [-0.4, -0.2) is 60.1 Å². The number of nitrogens with zero attached hydrogens (tertiary/aromatic N) is 3. The lowest BCUT2D eigenvalue weighted by Crippen LogP contribution is -2.70. The fraction of sp³-hybridized carbons (Fsp3) is 0.864. The molecular formula is C22H34N4O8. The van der Waals surface area contributed by atoms with Crippen LogP contribution in [0.5, 0.6) is 0 Å². The predicted octanol–water partition coefficient (Wildman–Crippen LogP) is 1.06. The summed E-state index contributed by atoms with van der Waals surface area (Å²) in [5.74, 6) is -0.617. The summed E-state index contributed by atoms with van der Waals surface area (Å²) in [5, 5.41) is 15.2. The summed E-state index contributed by atoms with van der Waals surface area (Å²) in [7, 11) is 1.82. The van der Waals surface area contributed by atoms with Gasteiger partial charge in [0.05, 0.1) is 13.2 Å². The first kappa shape index (κ1) is 23.9. The summed E-state index contributed by atoms with van der Waals surface area (Å²) >= 11 is 0. The second-order valence-electron chi connectivity index (χ2n) is 10.5. The number of rotatable bonds is 7. The summed E-state index contributed by atoms with van der Waals surface area (Å²) < 4.78 is 23.5. The predicted molar refractivity (Wildman–Crippen MR) is 113 cm³/mol. The van der Waals surface area contributed by atoms with Crippen molar-refractivity contribution in [2.45, 2.75) is 77.0 Å². The lowest BCUT2D eigenvalue weighted by atomic mass is 9.58. The van der Waals surface area contributed by atoms with Crippen molar-refractivity contribution in [2.24, 2.45) is 29.4 Å². The normalized spacial score (nSPS) is 41.3. The molecular weight excluding hydrogens is 448 g/mol. The maximum Gasteiger partial charge on any atom is 0.297 e. The lowest BCUT2D eigenvalue weighted by molar-refractivity contribution is -0.803. The highest BCUT2D eigenvalue weighted by Gasteiger charge is 2.69. The monoisotopic (exact) mass is 482 g/mol. The van der Waals surface area contributed by atoms with Crippen LogP contribution < -0.4 is 10.6 Å². The fourth-order valence-electron chi connectivity index (χ4n) is 6.33. The third kappa shape index (κ3) is 3.80. The molecule has 12 heteroatoms. The van der Waals surface area contributed by atoms with Gasteiger partial charge in [-0.3, -0.25) is 14.3 Å². The van der Waals surface area contributed by atoms with E-state index in [0.717, 1.165) is 25.7 Å². The second-order valence-corrected chi connectivity index (χ2v) is 10.5. The topological polar surface area (TPSA) is 145 Å². The van der Waals surface area contributed by atoms with E-state index in [9.17, 15) is 10.0 Å². The van der Waals surface area contributed by atoms with E-state index < -0.39 is 29.9 Å². The van der Waals surface area contributed by atoms with E-state index in [-0.39, 0.29) is 34.7 Å². The van der Waals surface area contributed by atoms with Crippen molar-refractivity contribution in [3.05, 3.63) is 16.6 Å². The zero-order valence-corrected chi connectivity index (χ0v) is 20.1. The SMILES string of the molecule is C[C@@H]1CCC2[C@@H](C)[C@@H](OCCN(C)Cc3no[n+]([O-])c3C(N)=O)OC3O[C@]4(C)CCC1[C@]32OO4. The molecule has 2 bridgehead atoms. The first-order valence-electron chi connectivity index (χ1n) is 12.0. The molecule has 5 fully saturated rings. The van der Waals surface area contributed by atoms with Gasteiger partial charge in [0.15, 0.2) is 18.2 Å². The molecule has 0 radical (unpaired) electrons. The Kier molecular flexibility index (Phi) is 6.10. The minimum Gasteiger partial charge on any atom is -0.362 e. The largest absolute Gasteiger partial charge is 0.362 e. The molecule has 34 heavy (non-hydrogen) atoms. The summed E-state index contributed by atoms with van der Waals surface area (Å²) in [5.41, 5.74) is 4.52. The van der Waals surface area contributed by atoms with Gasteiger partial charge in [0.1, 0.15) is 0 Å². The van der Waals surface area contributed by atoms with Crippen LogP contribution in [0, 0.1) is 28.9 Å². The molecule has 190 valence electrons. The molecule has 5 heterocycles. The highest BCUT2D eigenvalue weighted by atomic mass is 17.3. The Morgan fingerprint density at radius 1 is 1.29 bits per heavy atom. The molecule has 6 rings (SSSR count). The number of hydrogen-bond acceptors (Lipinski definition) is 10. The molecule has 4 aliphatic heterocycles. The van der Waals surface area contributed by atoms with Crippen LogP contribution in [0.2, 0.25) is 0 Å². The van der Waals surface area contributed by atoms with Gasteiger partial charge in [-0.25, -0.2) is 9.78 Å². The number of fused-ring (bicyclic) bond motifs is 2. The molecule has 2 N–H and O–H groups in total. The molecule has 5 aliphatic rings. The van der Waals surface area contributed by atoms with Crippen LogP contribution in [0.1, 0.15) is 62.6 Å². The van der Waals surface area contributed by atoms with E-state index in [0.29, 0.717) is 25.0 Å². The average molecular weight is 483 g/mol. The summed E-state index contributed by atoms with van der Waals surface area (Å²) in [6.45, 7) is 7.41. The van der Waals surface area contributed by atoms with Gasteiger partial charge in [-0.1, -0.05) is 13.8 Å². The first-order chi connectivity index (χ1) is 16.1. The lowest BCUT2D eigenvalue weighted by Gasteiger charge is -2.60. The van der Waals surface area contributed by atoms with Gasteiger partial charge < -0.3 is 25.2 Å². The van der Waals surface area contributed by atoms with Gasteiger partial charge in [-0.05, 0) is 50.0 Å². The molecule has 1 amide bonds. The maximum absolute atomic E-state index is 11.5. The third-order valence-electron chi connectivity index (χ3n) is 8.19. The number of ether oxygens (including phenoxy) is 3. The Morgan fingerprint density at radius 3 is 2.85 bits per heavy atom. The number of aromatic nitrogens is 2. The fourth-order valence-corrected chi connectivity index (χ4v) is 6.33. The zero-order valence-electron chi connectivity index (χ0n) is 20.1. The van der Waals surface area contributed by atoms with Crippen molar-refractivity contribution in [1.82, 2.24) is 10.1 Å². The highest BCUT2D eigenvalue weighted by Crippen LogP contribution is 2.60. The van der Waals surface area contributed by atoms with Gasteiger partial charge in [-0.2, -0.15) is 0 Å². The van der Waals surface area contributed by atoms with Crippen LogP contribution >= 0.6 is 0 Å². The quantitative estimate of drug-likeness (QED) is 0.442. The van der Waals surface area contributed by atoms with E-state index in [4.69, 9.17) is 29.7 Å². The maximum atomic E-state index is 11.5. The van der Waals surface area contributed by atoms with Crippen LogP contribution in [0.3, 0.4) is 0 Å². The van der Waals surface area contributed by atoms with Gasteiger partial charge in [0.2, 0.25) is 11.5 Å². The summed E-state index contributed by atoms with van der Waals surface area (Å²) in [6.07, 6.45) is 2.87. The number of carbonyl (C=O) groups excluding carboxylic acids is 1. The van der Waals surface area contributed by atoms with Crippen LogP contribution in [0.4, 0.5) is 0 Å². The minimum absolute atomic E-state index is 0.0282. The van der Waals surface area contributed by atoms with Crippen LogP contribution in [0.25, 0.3) is 0 Å². The Hall–Kier alpha value is -1.83. The molecule has 1 aliphatic carbocycles. The number of hydrogen-bond donors (Lipinski definition) is 1. The number of likely N-dealkylation sites (N-methyl/N-ethyl adjacent to an activating group) is 1. The Labute approximate surface area is 198 Å². The molecule has 3 unspecified atom stereocenters. The second kappa shape index (κ2) is 8.68. The van der Waals surface area contributed by atoms with E-state index >= 15 is 0 Å². The molecule has 12 nitrogen and oxygen atoms in total. The van der Waals surface area contributed by atoms with Gasteiger partial charge in [0.25, 0.3) is 11.6 Å². The van der Waals surface area contributed by atoms with Crippen molar-refractivity contribution in [3.8, 4) is 0 Å². The summed E-state index contributed by atoms with van der Waals surface area (Å²) in [6, 6.07) is 0. The number of nitrogens with two attached hydrogens (primary N) is 1. The molecule has 8 atom stereocenters. The van der Waals surface area contributed by atoms with Gasteiger partial charge in [0, 0.05) is 30.0 Å². The molecule has 1 spiro atoms. The Morgan fingerprint density at radius 2 is 2.09 bits per heavy atom. The molecule has 0 aromatic carbocycles. The standard InChI is InChI=1S/C22H34N4O8/c1-12-5-6-15-13(2)19(30-20-22(15)14(12)7-8-21(3,31-20)32-33-22)29-10-9-25(4)11-16-17(18(23)27)26(28)34-24-16/h12-15,19-20H,5-11H2,1-4H3,(H2,23,27)/t12-,13-,14?,15?,19+,20?,21+,22-/m1/s1. The zero-order chi connectivity index (χ0) is 24.3. The van der Waals surface area contributed by atoms with E-state index in [1.54, 1.807) is 0 Å². The van der Waals surface area contributed by atoms with Crippen LogP contribution in [-0.2, 0) is 30.5 Å². The summed E-state index contributed by atoms with van der Waals surface area (Å²) in [4.78, 5) is 25.4. The molecule has 1 aromatic heterocycles. The van der Waals surface area contributed by atoms with E-state index in [1.165, 1.54) is 0 Å². The number of amides is 1. The minimum atomic E-state index is -0.882. The highest BCUT2D eigenvalue weighted by molar-refractivity contribution is 5.90. The average Bonchev–Trinajstić information content (AvgIpc) is 2.98. The van der Waals surface area contributed by atoms with Gasteiger partial charge in [-0.15, -0.1) is 0 Å². The van der Waals surface area contributed by atoms with E-state index in [2.05, 4.69) is 23.6 Å². The smallest absolute Gasteiger partial charge is 0.297 e. The van der Waals surface area contributed by atoms with Crippen molar-refractivity contribution in [3.63, 3.8) is 0 Å². The van der Waals surface area contributed by atoms with Gasteiger partial charge >= 0.3 is 0 Å². The third-order valence-corrected chi connectivity index (χ3v) is 8.19. The molecule has 1 saturated carbocycles. The number of primary amides is 1. The Bertz CT molecular complexity index is 929. The van der Waals surface area contributed by atoms with Crippen molar-refractivity contribution in [1.29, 1.82) is 0 Å². The van der Waals surface area contributed by atoms with E-state index in [1.807, 2.05) is 18.9 Å².